The first kappa shape index (κ1) is 12.2. The molecule has 1 aromatic carbocycles. The van der Waals surface area contributed by atoms with E-state index >= 15 is 0 Å². The van der Waals surface area contributed by atoms with E-state index < -0.39 is 0 Å². The summed E-state index contributed by atoms with van der Waals surface area (Å²) in [5, 5.41) is 7.34. The van der Waals surface area contributed by atoms with E-state index in [0.717, 1.165) is 42.9 Å². The van der Waals surface area contributed by atoms with Gasteiger partial charge in [0, 0.05) is 30.4 Å². The molecule has 1 saturated heterocycles. The van der Waals surface area contributed by atoms with Crippen molar-refractivity contribution in [3.05, 3.63) is 35.5 Å². The molecule has 1 aliphatic heterocycles. The maximum Gasteiger partial charge on any atom is 0.153 e. The number of nitrogens with one attached hydrogen (secondary N) is 1. The van der Waals surface area contributed by atoms with Crippen LogP contribution in [0.4, 0.5) is 5.82 Å². The van der Waals surface area contributed by atoms with Crippen molar-refractivity contribution in [3.8, 4) is 11.1 Å². The molecule has 100 valence electrons. The fraction of sp³-hybridized carbons (Fsp3) is 0.400. The second-order valence-electron chi connectivity index (χ2n) is 5.15. The molecule has 4 heteroatoms. The summed E-state index contributed by atoms with van der Waals surface area (Å²) in [6.07, 6.45) is 2.06. The molecule has 3 rings (SSSR count). The van der Waals surface area contributed by atoms with E-state index in [-0.39, 0.29) is 0 Å². The molecule has 0 saturated carbocycles. The monoisotopic (exact) mass is 257 g/mol. The smallest absolute Gasteiger partial charge is 0.153 e. The Bertz CT molecular complexity index is 571. The summed E-state index contributed by atoms with van der Waals surface area (Å²) in [5.74, 6) is 1.06. The number of nitrogens with two attached hydrogens (primary N) is 1. The third-order valence-corrected chi connectivity index (χ3v) is 3.76. The summed E-state index contributed by atoms with van der Waals surface area (Å²) in [7, 11) is 0. The number of aromatic amines is 1. The van der Waals surface area contributed by atoms with Crippen LogP contribution in [0.15, 0.2) is 24.3 Å². The summed E-state index contributed by atoms with van der Waals surface area (Å²) in [5.41, 5.74) is 10.7. The van der Waals surface area contributed by atoms with Crippen LogP contribution in [0.2, 0.25) is 0 Å². The second kappa shape index (κ2) is 5.05. The number of anilines is 1. The Kier molecular flexibility index (Phi) is 3.25. The number of ether oxygens (including phenoxy) is 1. The largest absolute Gasteiger partial charge is 0.382 e. The van der Waals surface area contributed by atoms with Crippen LogP contribution in [0.3, 0.4) is 0 Å². The van der Waals surface area contributed by atoms with Crippen molar-refractivity contribution < 1.29 is 4.74 Å². The molecule has 2 heterocycles. The molecule has 0 amide bonds. The van der Waals surface area contributed by atoms with Crippen molar-refractivity contribution >= 4 is 5.82 Å². The lowest BCUT2D eigenvalue weighted by atomic mass is 9.91. The highest BCUT2D eigenvalue weighted by Gasteiger charge is 2.23. The standard InChI is InChI=1S/C15H19N3O/c1-10-3-2-4-12(9-10)13-14(17-18-15(13)16)11-5-7-19-8-6-11/h2-4,9,11H,5-8H2,1H3,(H3,16,17,18). The summed E-state index contributed by atoms with van der Waals surface area (Å²) >= 11 is 0. The molecule has 0 spiro atoms. The van der Waals surface area contributed by atoms with Gasteiger partial charge in [-0.05, 0) is 25.3 Å². The first-order valence-corrected chi connectivity index (χ1v) is 6.74. The molecule has 19 heavy (non-hydrogen) atoms. The van der Waals surface area contributed by atoms with Gasteiger partial charge in [0.15, 0.2) is 5.82 Å². The lowest BCUT2D eigenvalue weighted by Crippen LogP contribution is -2.15. The highest BCUT2D eigenvalue weighted by atomic mass is 16.5. The Hall–Kier alpha value is -1.81. The SMILES string of the molecule is Cc1cccc(-c2c(N)n[nH]c2C2CCOCC2)c1. The van der Waals surface area contributed by atoms with E-state index in [9.17, 15) is 0 Å². The molecular formula is C15H19N3O. The van der Waals surface area contributed by atoms with Gasteiger partial charge in [-0.15, -0.1) is 0 Å². The molecule has 0 unspecified atom stereocenters. The van der Waals surface area contributed by atoms with Gasteiger partial charge in [0.1, 0.15) is 0 Å². The summed E-state index contributed by atoms with van der Waals surface area (Å²) < 4.78 is 5.43. The molecule has 0 atom stereocenters. The van der Waals surface area contributed by atoms with Crippen molar-refractivity contribution in [1.82, 2.24) is 10.2 Å². The number of benzene rings is 1. The summed E-state index contributed by atoms with van der Waals surface area (Å²) in [6, 6.07) is 8.40. The third-order valence-electron chi connectivity index (χ3n) is 3.76. The number of hydrogen-bond donors (Lipinski definition) is 2. The van der Waals surface area contributed by atoms with Crippen LogP contribution in [0, 0.1) is 6.92 Å². The quantitative estimate of drug-likeness (QED) is 0.869. The van der Waals surface area contributed by atoms with E-state index in [1.54, 1.807) is 0 Å². The molecule has 4 nitrogen and oxygen atoms in total. The Morgan fingerprint density at radius 1 is 1.32 bits per heavy atom. The van der Waals surface area contributed by atoms with Gasteiger partial charge in [-0.25, -0.2) is 0 Å². The van der Waals surface area contributed by atoms with Crippen LogP contribution in [-0.4, -0.2) is 23.4 Å². The second-order valence-corrected chi connectivity index (χ2v) is 5.15. The van der Waals surface area contributed by atoms with Gasteiger partial charge < -0.3 is 10.5 Å². The van der Waals surface area contributed by atoms with Crippen molar-refractivity contribution in [2.24, 2.45) is 0 Å². The zero-order valence-corrected chi connectivity index (χ0v) is 11.1. The fourth-order valence-electron chi connectivity index (χ4n) is 2.76. The number of H-pyrrole nitrogens is 1. The van der Waals surface area contributed by atoms with Crippen molar-refractivity contribution in [2.75, 3.05) is 18.9 Å². The average molecular weight is 257 g/mol. The van der Waals surface area contributed by atoms with E-state index in [1.165, 1.54) is 5.56 Å². The maximum atomic E-state index is 6.06. The maximum absolute atomic E-state index is 6.06. The lowest BCUT2D eigenvalue weighted by Gasteiger charge is -2.22. The molecular weight excluding hydrogens is 238 g/mol. The van der Waals surface area contributed by atoms with Gasteiger partial charge in [0.2, 0.25) is 0 Å². The number of aryl methyl sites for hydroxylation is 1. The van der Waals surface area contributed by atoms with E-state index in [1.807, 2.05) is 0 Å². The summed E-state index contributed by atoms with van der Waals surface area (Å²) in [4.78, 5) is 0. The highest BCUT2D eigenvalue weighted by molar-refractivity contribution is 5.77. The molecule has 3 N–H and O–H groups in total. The van der Waals surface area contributed by atoms with Crippen LogP contribution in [0.5, 0.6) is 0 Å². The number of aromatic nitrogens is 2. The molecule has 1 aliphatic rings. The van der Waals surface area contributed by atoms with Crippen LogP contribution >= 0.6 is 0 Å². The Morgan fingerprint density at radius 3 is 2.84 bits per heavy atom. The minimum Gasteiger partial charge on any atom is -0.382 e. The van der Waals surface area contributed by atoms with Crippen LogP contribution < -0.4 is 5.73 Å². The van der Waals surface area contributed by atoms with Gasteiger partial charge in [-0.3, -0.25) is 5.10 Å². The Morgan fingerprint density at radius 2 is 2.11 bits per heavy atom. The van der Waals surface area contributed by atoms with E-state index in [2.05, 4.69) is 41.4 Å². The first-order chi connectivity index (χ1) is 9.25. The van der Waals surface area contributed by atoms with Crippen LogP contribution in [0.1, 0.15) is 30.0 Å². The number of nitrogen functional groups attached to an aromatic ring is 1. The summed E-state index contributed by atoms with van der Waals surface area (Å²) in [6.45, 7) is 3.72. The number of rotatable bonds is 2. The van der Waals surface area contributed by atoms with Gasteiger partial charge in [0.25, 0.3) is 0 Å². The normalized spacial score (nSPS) is 16.7. The van der Waals surface area contributed by atoms with Gasteiger partial charge in [0.05, 0.1) is 0 Å². The highest BCUT2D eigenvalue weighted by Crippen LogP contribution is 2.36. The van der Waals surface area contributed by atoms with Crippen molar-refractivity contribution in [3.63, 3.8) is 0 Å². The Labute approximate surface area is 113 Å². The molecule has 0 bridgehead atoms. The molecule has 1 aromatic heterocycles. The average Bonchev–Trinajstić information content (AvgIpc) is 2.82. The molecule has 2 aromatic rings. The first-order valence-electron chi connectivity index (χ1n) is 6.74. The zero-order valence-electron chi connectivity index (χ0n) is 11.1. The van der Waals surface area contributed by atoms with Gasteiger partial charge in [-0.1, -0.05) is 29.8 Å². The zero-order chi connectivity index (χ0) is 13.2. The van der Waals surface area contributed by atoms with Gasteiger partial charge in [-0.2, -0.15) is 5.10 Å². The minimum absolute atomic E-state index is 0.467. The lowest BCUT2D eigenvalue weighted by molar-refractivity contribution is 0.0846. The Balaban J connectivity index is 2.03. The fourth-order valence-corrected chi connectivity index (χ4v) is 2.76. The van der Waals surface area contributed by atoms with Crippen LogP contribution in [0.25, 0.3) is 11.1 Å². The molecule has 1 fully saturated rings. The molecule has 0 radical (unpaired) electrons. The van der Waals surface area contributed by atoms with E-state index in [4.69, 9.17) is 10.5 Å². The van der Waals surface area contributed by atoms with Crippen molar-refractivity contribution in [1.29, 1.82) is 0 Å². The van der Waals surface area contributed by atoms with Crippen molar-refractivity contribution in [2.45, 2.75) is 25.7 Å². The topological polar surface area (TPSA) is 63.9 Å². The van der Waals surface area contributed by atoms with Crippen LogP contribution in [-0.2, 0) is 4.74 Å². The minimum atomic E-state index is 0.467. The molecule has 0 aliphatic carbocycles. The number of hydrogen-bond acceptors (Lipinski definition) is 3. The predicted molar refractivity (Wildman–Crippen MR) is 76.0 cm³/mol. The predicted octanol–water partition coefficient (Wildman–Crippen LogP) is 2.86. The number of nitrogens with zero attached hydrogens (tertiary/aromatic N) is 1. The van der Waals surface area contributed by atoms with Gasteiger partial charge >= 0.3 is 0 Å². The third kappa shape index (κ3) is 2.36. The van der Waals surface area contributed by atoms with E-state index in [0.29, 0.717) is 11.7 Å².